The third-order valence-electron chi connectivity index (χ3n) is 4.70. The standard InChI is InChI=1S/C19H24ClF3N6O2/c1-11-14(25-16-24-9-13(15(20)26-16)19(21,22)23)10-29(27-11)12-5-7-28(8-6-12)17(30)31-18(2,3)4/h9-10,12H,5-8H2,1-4H3,(H,24,25,26). The molecule has 1 fully saturated rings. The summed E-state index contributed by atoms with van der Waals surface area (Å²) in [6, 6.07) is 0.0741. The van der Waals surface area contributed by atoms with E-state index in [1.807, 2.05) is 20.8 Å². The predicted octanol–water partition coefficient (Wildman–Crippen LogP) is 4.97. The third-order valence-corrected chi connectivity index (χ3v) is 4.99. The first-order valence-electron chi connectivity index (χ1n) is 9.74. The number of carbonyl (C=O) groups excluding carboxylic acids is 1. The molecule has 0 unspecified atom stereocenters. The van der Waals surface area contributed by atoms with E-state index >= 15 is 0 Å². The maximum atomic E-state index is 12.8. The number of amides is 1. The molecule has 1 N–H and O–H groups in total. The van der Waals surface area contributed by atoms with Crippen LogP contribution in [0.5, 0.6) is 0 Å². The lowest BCUT2D eigenvalue weighted by Gasteiger charge is -2.33. The maximum absolute atomic E-state index is 12.8. The molecule has 1 saturated heterocycles. The van der Waals surface area contributed by atoms with Gasteiger partial charge in [0.05, 0.1) is 17.4 Å². The third kappa shape index (κ3) is 5.78. The maximum Gasteiger partial charge on any atom is 0.420 e. The Balaban J connectivity index is 1.64. The van der Waals surface area contributed by atoms with E-state index in [1.54, 1.807) is 22.7 Å². The van der Waals surface area contributed by atoms with Gasteiger partial charge in [0.1, 0.15) is 16.3 Å². The van der Waals surface area contributed by atoms with Gasteiger partial charge < -0.3 is 15.0 Å². The van der Waals surface area contributed by atoms with E-state index in [2.05, 4.69) is 20.4 Å². The molecule has 1 amide bonds. The van der Waals surface area contributed by atoms with Gasteiger partial charge in [0.15, 0.2) is 0 Å². The van der Waals surface area contributed by atoms with Crippen LogP contribution in [-0.2, 0) is 10.9 Å². The van der Waals surface area contributed by atoms with E-state index in [9.17, 15) is 18.0 Å². The summed E-state index contributed by atoms with van der Waals surface area (Å²) in [4.78, 5) is 21.3. The van der Waals surface area contributed by atoms with Crippen molar-refractivity contribution in [1.82, 2.24) is 24.6 Å². The Labute approximate surface area is 182 Å². The van der Waals surface area contributed by atoms with Crippen LogP contribution < -0.4 is 5.32 Å². The molecule has 3 heterocycles. The van der Waals surface area contributed by atoms with Crippen molar-refractivity contribution in [3.8, 4) is 0 Å². The Kier molecular flexibility index (Phi) is 6.35. The zero-order chi connectivity index (χ0) is 23.0. The first kappa shape index (κ1) is 23.1. The number of nitrogens with one attached hydrogen (secondary N) is 1. The molecule has 8 nitrogen and oxygen atoms in total. The van der Waals surface area contributed by atoms with Crippen molar-refractivity contribution in [2.24, 2.45) is 0 Å². The van der Waals surface area contributed by atoms with Gasteiger partial charge in [-0.3, -0.25) is 4.68 Å². The lowest BCUT2D eigenvalue weighted by molar-refractivity contribution is -0.137. The Morgan fingerprint density at radius 2 is 1.90 bits per heavy atom. The minimum absolute atomic E-state index is 0.0552. The monoisotopic (exact) mass is 460 g/mol. The minimum Gasteiger partial charge on any atom is -0.444 e. The van der Waals surface area contributed by atoms with Crippen LogP contribution in [0.2, 0.25) is 5.15 Å². The number of piperidine rings is 1. The van der Waals surface area contributed by atoms with Crippen LogP contribution >= 0.6 is 11.6 Å². The zero-order valence-corrected chi connectivity index (χ0v) is 18.4. The van der Waals surface area contributed by atoms with Crippen LogP contribution in [-0.4, -0.2) is 49.4 Å². The first-order chi connectivity index (χ1) is 14.3. The number of hydrogen-bond acceptors (Lipinski definition) is 6. The number of anilines is 2. The Morgan fingerprint density at radius 3 is 2.45 bits per heavy atom. The van der Waals surface area contributed by atoms with Gasteiger partial charge in [-0.2, -0.15) is 18.3 Å². The van der Waals surface area contributed by atoms with Gasteiger partial charge in [-0.25, -0.2) is 14.8 Å². The predicted molar refractivity (Wildman–Crippen MR) is 108 cm³/mol. The summed E-state index contributed by atoms with van der Waals surface area (Å²) in [6.07, 6.45) is -1.17. The Morgan fingerprint density at radius 1 is 1.26 bits per heavy atom. The van der Waals surface area contributed by atoms with E-state index in [0.29, 0.717) is 43.5 Å². The number of likely N-dealkylation sites (tertiary alicyclic amines) is 1. The number of hydrogen-bond donors (Lipinski definition) is 1. The van der Waals surface area contributed by atoms with Crippen molar-refractivity contribution >= 4 is 29.3 Å². The molecular weight excluding hydrogens is 437 g/mol. The molecule has 2 aromatic heterocycles. The van der Waals surface area contributed by atoms with Gasteiger partial charge in [-0.1, -0.05) is 11.6 Å². The average molecular weight is 461 g/mol. The van der Waals surface area contributed by atoms with Crippen molar-refractivity contribution in [2.45, 2.75) is 58.4 Å². The van der Waals surface area contributed by atoms with Gasteiger partial charge in [0.2, 0.25) is 5.95 Å². The van der Waals surface area contributed by atoms with Gasteiger partial charge in [0, 0.05) is 25.5 Å². The van der Waals surface area contributed by atoms with Crippen molar-refractivity contribution < 1.29 is 22.7 Å². The highest BCUT2D eigenvalue weighted by Gasteiger charge is 2.35. The van der Waals surface area contributed by atoms with Gasteiger partial charge >= 0.3 is 12.3 Å². The van der Waals surface area contributed by atoms with Crippen molar-refractivity contribution in [3.05, 3.63) is 28.8 Å². The number of halogens is 4. The second kappa shape index (κ2) is 8.52. The smallest absolute Gasteiger partial charge is 0.420 e. The molecule has 2 aromatic rings. The fourth-order valence-corrected chi connectivity index (χ4v) is 3.40. The van der Waals surface area contributed by atoms with Crippen LogP contribution in [0.4, 0.5) is 29.6 Å². The topological polar surface area (TPSA) is 85.2 Å². The summed E-state index contributed by atoms with van der Waals surface area (Å²) < 4.78 is 45.6. The molecule has 170 valence electrons. The fraction of sp³-hybridized carbons (Fsp3) is 0.579. The highest BCUT2D eigenvalue weighted by Crippen LogP contribution is 2.34. The SMILES string of the molecule is Cc1nn(C2CCN(C(=O)OC(C)(C)C)CC2)cc1Nc1ncc(C(F)(F)F)c(Cl)n1. The number of rotatable bonds is 3. The molecule has 1 aliphatic rings. The highest BCUT2D eigenvalue weighted by molar-refractivity contribution is 6.30. The summed E-state index contributed by atoms with van der Waals surface area (Å²) in [5.41, 5.74) is -0.444. The lowest BCUT2D eigenvalue weighted by Crippen LogP contribution is -2.42. The molecule has 0 radical (unpaired) electrons. The van der Waals surface area contributed by atoms with E-state index in [4.69, 9.17) is 16.3 Å². The largest absolute Gasteiger partial charge is 0.444 e. The van der Waals surface area contributed by atoms with E-state index in [-0.39, 0.29) is 18.1 Å². The quantitative estimate of drug-likeness (QED) is 0.651. The molecule has 0 saturated carbocycles. The summed E-state index contributed by atoms with van der Waals surface area (Å²) in [5, 5.41) is 6.68. The van der Waals surface area contributed by atoms with Gasteiger partial charge in [-0.05, 0) is 40.5 Å². The molecule has 3 rings (SSSR count). The van der Waals surface area contributed by atoms with Crippen LogP contribution in [0.25, 0.3) is 0 Å². The van der Waals surface area contributed by atoms with Crippen LogP contribution in [0.3, 0.4) is 0 Å². The first-order valence-corrected chi connectivity index (χ1v) is 10.1. The molecule has 31 heavy (non-hydrogen) atoms. The summed E-state index contributed by atoms with van der Waals surface area (Å²) in [7, 11) is 0. The van der Waals surface area contributed by atoms with E-state index in [1.165, 1.54) is 0 Å². The van der Waals surface area contributed by atoms with Crippen LogP contribution in [0.1, 0.15) is 50.9 Å². The molecule has 12 heteroatoms. The molecule has 0 spiro atoms. The normalized spacial score (nSPS) is 15.8. The average Bonchev–Trinajstić information content (AvgIpc) is 3.00. The molecule has 0 atom stereocenters. The van der Waals surface area contributed by atoms with E-state index < -0.39 is 22.5 Å². The zero-order valence-electron chi connectivity index (χ0n) is 17.6. The summed E-state index contributed by atoms with van der Waals surface area (Å²) in [6.45, 7) is 8.32. The highest BCUT2D eigenvalue weighted by atomic mass is 35.5. The van der Waals surface area contributed by atoms with Crippen LogP contribution in [0.15, 0.2) is 12.4 Å². The molecule has 0 aromatic carbocycles. The van der Waals surface area contributed by atoms with Crippen molar-refractivity contribution in [1.29, 1.82) is 0 Å². The molecular formula is C19H24ClF3N6O2. The number of aromatic nitrogens is 4. The number of nitrogens with zero attached hydrogens (tertiary/aromatic N) is 5. The second-order valence-corrected chi connectivity index (χ2v) is 8.69. The Bertz CT molecular complexity index is 949. The van der Waals surface area contributed by atoms with Crippen molar-refractivity contribution in [3.63, 3.8) is 0 Å². The summed E-state index contributed by atoms with van der Waals surface area (Å²) in [5.74, 6) is -0.0552. The minimum atomic E-state index is -4.62. The molecule has 0 aliphatic carbocycles. The number of ether oxygens (including phenoxy) is 1. The second-order valence-electron chi connectivity index (χ2n) is 8.33. The number of alkyl halides is 3. The van der Waals surface area contributed by atoms with Gasteiger partial charge in [0.25, 0.3) is 0 Å². The number of aryl methyl sites for hydroxylation is 1. The van der Waals surface area contributed by atoms with Gasteiger partial charge in [-0.15, -0.1) is 0 Å². The molecule has 0 bridgehead atoms. The fourth-order valence-electron chi connectivity index (χ4n) is 3.16. The van der Waals surface area contributed by atoms with Crippen LogP contribution in [0, 0.1) is 6.92 Å². The lowest BCUT2D eigenvalue weighted by atomic mass is 10.1. The summed E-state index contributed by atoms with van der Waals surface area (Å²) >= 11 is 5.65. The number of carbonyl (C=O) groups is 1. The van der Waals surface area contributed by atoms with E-state index in [0.717, 1.165) is 0 Å². The Hall–Kier alpha value is -2.56. The van der Waals surface area contributed by atoms with Crippen molar-refractivity contribution in [2.75, 3.05) is 18.4 Å². The molecule has 1 aliphatic heterocycles.